The van der Waals surface area contributed by atoms with Crippen molar-refractivity contribution in [2.45, 2.75) is 44.5 Å². The van der Waals surface area contributed by atoms with Crippen LogP contribution in [-0.2, 0) is 29.0 Å². The van der Waals surface area contributed by atoms with Gasteiger partial charge in [0.1, 0.15) is 0 Å². The lowest BCUT2D eigenvalue weighted by Crippen LogP contribution is -2.38. The number of hydrogen-bond acceptors (Lipinski definition) is 6. The summed E-state index contributed by atoms with van der Waals surface area (Å²) >= 11 is 0. The minimum Gasteiger partial charge on any atom is -0.392 e. The van der Waals surface area contributed by atoms with Crippen LogP contribution < -0.4 is 5.32 Å². The summed E-state index contributed by atoms with van der Waals surface area (Å²) in [5.74, 6) is -0.0984. The molecule has 2 N–H and O–H groups in total. The fourth-order valence-corrected chi connectivity index (χ4v) is 4.99. The molecule has 1 saturated heterocycles. The molecule has 7 heteroatoms. The van der Waals surface area contributed by atoms with Gasteiger partial charge in [-0.1, -0.05) is 72.8 Å². The summed E-state index contributed by atoms with van der Waals surface area (Å²) in [5, 5.41) is 12.4. The molecule has 0 bridgehead atoms. The second-order valence-corrected chi connectivity index (χ2v) is 10.5. The van der Waals surface area contributed by atoms with E-state index in [-0.39, 0.29) is 24.7 Å². The Bertz CT molecular complexity index is 1370. The lowest BCUT2D eigenvalue weighted by molar-refractivity contribution is -0.252. The van der Waals surface area contributed by atoms with Crippen molar-refractivity contribution in [3.05, 3.63) is 137 Å². The van der Waals surface area contributed by atoms with Crippen LogP contribution in [0.15, 0.2) is 103 Å². The van der Waals surface area contributed by atoms with Gasteiger partial charge in [-0.3, -0.25) is 9.78 Å². The van der Waals surface area contributed by atoms with Gasteiger partial charge in [-0.2, -0.15) is 0 Å². The number of ether oxygens (including phenoxy) is 2. The summed E-state index contributed by atoms with van der Waals surface area (Å²) in [6.45, 7) is 2.09. The number of hydrogen-bond donors (Lipinski definition) is 2. The number of aromatic nitrogens is 1. The molecule has 4 aromatic rings. The molecule has 1 aliphatic rings. The third-order valence-corrected chi connectivity index (χ3v) is 7.35. The molecule has 0 unspecified atom stereocenters. The standard InChI is InChI=1S/C34H37N3O4/c1-37(20-18-30-9-5-6-19-35-30)23-31-21-32(27-14-12-26(24-38)13-15-27)41-34(40-31)29-16-10-25(11-17-29)22-36-33(39)28-7-3-2-4-8-28/h2-17,19,31-32,34,38H,18,20-24H2,1H3,(H,36,39)/t31-,32+,34+/m1/s1. The number of benzene rings is 3. The molecule has 0 radical (unpaired) electrons. The Labute approximate surface area is 241 Å². The number of pyridine rings is 1. The van der Waals surface area contributed by atoms with Crippen LogP contribution in [0.4, 0.5) is 0 Å². The number of nitrogens with one attached hydrogen (secondary N) is 1. The van der Waals surface area contributed by atoms with Crippen molar-refractivity contribution in [2.75, 3.05) is 20.1 Å². The van der Waals surface area contributed by atoms with Gasteiger partial charge < -0.3 is 24.8 Å². The van der Waals surface area contributed by atoms with Crippen molar-refractivity contribution in [3.8, 4) is 0 Å². The van der Waals surface area contributed by atoms with Crippen molar-refractivity contribution in [3.63, 3.8) is 0 Å². The molecule has 3 aromatic carbocycles. The van der Waals surface area contributed by atoms with Gasteiger partial charge in [0.2, 0.25) is 0 Å². The van der Waals surface area contributed by atoms with Gasteiger partial charge in [-0.15, -0.1) is 0 Å². The fraction of sp³-hybridized carbons (Fsp3) is 0.294. The monoisotopic (exact) mass is 551 g/mol. The highest BCUT2D eigenvalue weighted by Gasteiger charge is 2.32. The Morgan fingerprint density at radius 3 is 2.32 bits per heavy atom. The van der Waals surface area contributed by atoms with Gasteiger partial charge in [-0.25, -0.2) is 0 Å². The quantitative estimate of drug-likeness (QED) is 0.266. The van der Waals surface area contributed by atoms with E-state index in [1.165, 1.54) is 0 Å². The van der Waals surface area contributed by atoms with E-state index in [2.05, 4.69) is 28.3 Å². The molecule has 41 heavy (non-hydrogen) atoms. The van der Waals surface area contributed by atoms with Gasteiger partial charge in [-0.05, 0) is 48.0 Å². The predicted octanol–water partition coefficient (Wildman–Crippen LogP) is 5.22. The first-order valence-electron chi connectivity index (χ1n) is 14.1. The third kappa shape index (κ3) is 8.08. The topological polar surface area (TPSA) is 83.9 Å². The highest BCUT2D eigenvalue weighted by molar-refractivity contribution is 5.94. The summed E-state index contributed by atoms with van der Waals surface area (Å²) in [4.78, 5) is 19.1. The number of rotatable bonds is 11. The molecule has 1 amide bonds. The number of carbonyl (C=O) groups is 1. The molecular formula is C34H37N3O4. The average molecular weight is 552 g/mol. The van der Waals surface area contributed by atoms with Gasteiger partial charge in [0.25, 0.3) is 5.91 Å². The van der Waals surface area contributed by atoms with Gasteiger partial charge in [0.15, 0.2) is 6.29 Å². The molecule has 0 spiro atoms. The minimum absolute atomic E-state index is 0.0133. The number of aliphatic hydroxyl groups is 1. The maximum atomic E-state index is 12.4. The zero-order valence-corrected chi connectivity index (χ0v) is 23.4. The van der Waals surface area contributed by atoms with Crippen LogP contribution in [0.3, 0.4) is 0 Å². The zero-order valence-electron chi connectivity index (χ0n) is 23.4. The molecule has 1 aliphatic heterocycles. The number of nitrogens with zero attached hydrogens (tertiary/aromatic N) is 2. The SMILES string of the molecule is CN(CCc1ccccn1)C[C@H]1C[C@@H](c2ccc(CO)cc2)O[C@@H](c2ccc(CNC(=O)c3ccccc3)cc2)O1. The van der Waals surface area contributed by atoms with Crippen molar-refractivity contribution >= 4 is 5.91 Å². The van der Waals surface area contributed by atoms with Crippen LogP contribution in [-0.4, -0.2) is 47.1 Å². The second-order valence-electron chi connectivity index (χ2n) is 10.5. The van der Waals surface area contributed by atoms with E-state index in [9.17, 15) is 9.90 Å². The van der Waals surface area contributed by atoms with Crippen LogP contribution in [0.5, 0.6) is 0 Å². The first kappa shape index (κ1) is 28.6. The van der Waals surface area contributed by atoms with Gasteiger partial charge >= 0.3 is 0 Å². The Balaban J connectivity index is 1.24. The van der Waals surface area contributed by atoms with E-state index >= 15 is 0 Å². The number of carbonyl (C=O) groups excluding carboxylic acids is 1. The Kier molecular flexibility index (Phi) is 9.88. The van der Waals surface area contributed by atoms with Crippen LogP contribution in [0.1, 0.15) is 57.1 Å². The molecule has 1 fully saturated rings. The second kappa shape index (κ2) is 14.1. The molecule has 5 rings (SSSR count). The van der Waals surface area contributed by atoms with Gasteiger partial charge in [0, 0.05) is 55.5 Å². The van der Waals surface area contributed by atoms with E-state index in [1.807, 2.05) is 85.1 Å². The Morgan fingerprint density at radius 2 is 1.61 bits per heavy atom. The largest absolute Gasteiger partial charge is 0.392 e. The maximum Gasteiger partial charge on any atom is 0.251 e. The van der Waals surface area contributed by atoms with Crippen molar-refractivity contribution in [1.29, 1.82) is 0 Å². The van der Waals surface area contributed by atoms with E-state index in [0.29, 0.717) is 12.1 Å². The normalized spacial score (nSPS) is 18.8. The summed E-state index contributed by atoms with van der Waals surface area (Å²) < 4.78 is 13.0. The predicted molar refractivity (Wildman–Crippen MR) is 158 cm³/mol. The third-order valence-electron chi connectivity index (χ3n) is 7.35. The first-order valence-corrected chi connectivity index (χ1v) is 14.1. The number of aliphatic hydroxyl groups excluding tert-OH is 1. The number of likely N-dealkylation sites (N-methyl/N-ethyl adjacent to an activating group) is 1. The van der Waals surface area contributed by atoms with Crippen molar-refractivity contribution < 1.29 is 19.4 Å². The summed E-state index contributed by atoms with van der Waals surface area (Å²) in [6.07, 6.45) is 2.74. The van der Waals surface area contributed by atoms with Gasteiger partial charge in [0.05, 0.1) is 18.8 Å². The van der Waals surface area contributed by atoms with Crippen LogP contribution in [0, 0.1) is 0 Å². The van der Waals surface area contributed by atoms with Crippen LogP contribution >= 0.6 is 0 Å². The minimum atomic E-state index is -0.520. The van der Waals surface area contributed by atoms with E-state index in [4.69, 9.17) is 9.47 Å². The molecule has 1 aromatic heterocycles. The summed E-state index contributed by atoms with van der Waals surface area (Å²) in [6, 6.07) is 31.2. The maximum absolute atomic E-state index is 12.4. The molecule has 0 aliphatic carbocycles. The average Bonchev–Trinajstić information content (AvgIpc) is 3.03. The lowest BCUT2D eigenvalue weighted by Gasteiger charge is -2.38. The Hall–Kier alpha value is -3.88. The summed E-state index contributed by atoms with van der Waals surface area (Å²) in [5.41, 5.74) is 5.58. The lowest BCUT2D eigenvalue weighted by atomic mass is 9.99. The molecular weight excluding hydrogens is 514 g/mol. The zero-order chi connectivity index (χ0) is 28.4. The molecule has 212 valence electrons. The summed E-state index contributed by atoms with van der Waals surface area (Å²) in [7, 11) is 2.11. The smallest absolute Gasteiger partial charge is 0.251 e. The molecule has 2 heterocycles. The van der Waals surface area contributed by atoms with E-state index < -0.39 is 6.29 Å². The number of amides is 1. The molecule has 3 atom stereocenters. The van der Waals surface area contributed by atoms with Crippen LogP contribution in [0.25, 0.3) is 0 Å². The highest BCUT2D eigenvalue weighted by Crippen LogP contribution is 2.38. The first-order chi connectivity index (χ1) is 20.1. The van der Waals surface area contributed by atoms with Crippen LogP contribution in [0.2, 0.25) is 0 Å². The van der Waals surface area contributed by atoms with Crippen molar-refractivity contribution in [2.24, 2.45) is 0 Å². The highest BCUT2D eigenvalue weighted by atomic mass is 16.7. The van der Waals surface area contributed by atoms with Crippen molar-refractivity contribution in [1.82, 2.24) is 15.2 Å². The van der Waals surface area contributed by atoms with E-state index in [1.54, 1.807) is 12.1 Å². The molecule has 7 nitrogen and oxygen atoms in total. The van der Waals surface area contributed by atoms with E-state index in [0.717, 1.165) is 53.9 Å². The fourth-order valence-electron chi connectivity index (χ4n) is 4.99. The Morgan fingerprint density at radius 1 is 0.902 bits per heavy atom. The molecule has 0 saturated carbocycles.